The van der Waals surface area contributed by atoms with E-state index in [-0.39, 0.29) is 34.9 Å². The average molecular weight is 387 g/mol. The first-order chi connectivity index (χ1) is 13.1. The Balaban J connectivity index is 1.69. The van der Waals surface area contributed by atoms with Crippen molar-refractivity contribution in [2.45, 2.75) is 78.4 Å². The van der Waals surface area contributed by atoms with Gasteiger partial charge in [-0.15, -0.1) is 0 Å². The Bertz CT molecular complexity index is 686. The van der Waals surface area contributed by atoms with E-state index in [0.717, 1.165) is 31.4 Å². The fourth-order valence-electron chi connectivity index (χ4n) is 5.20. The van der Waals surface area contributed by atoms with Gasteiger partial charge in [0.1, 0.15) is 0 Å². The molecule has 0 unspecified atom stereocenters. The molecule has 1 aliphatic carbocycles. The highest BCUT2D eigenvalue weighted by Gasteiger charge is 2.39. The highest BCUT2D eigenvalue weighted by molar-refractivity contribution is 5.79. The predicted octanol–water partition coefficient (Wildman–Crippen LogP) is 3.48. The van der Waals surface area contributed by atoms with Crippen LogP contribution in [0.3, 0.4) is 0 Å². The van der Waals surface area contributed by atoms with Crippen molar-refractivity contribution in [3.8, 4) is 0 Å². The van der Waals surface area contributed by atoms with E-state index in [1.165, 1.54) is 0 Å². The quantitative estimate of drug-likeness (QED) is 0.814. The van der Waals surface area contributed by atoms with E-state index < -0.39 is 0 Å². The van der Waals surface area contributed by atoms with Gasteiger partial charge in [0, 0.05) is 31.2 Å². The second-order valence-corrected chi connectivity index (χ2v) is 10.1. The molecule has 2 aliphatic rings. The molecular formula is C22H34N4O2. The lowest BCUT2D eigenvalue weighted by Gasteiger charge is -2.45. The molecule has 0 bridgehead atoms. The minimum absolute atomic E-state index is 0.0150. The summed E-state index contributed by atoms with van der Waals surface area (Å²) in [6.45, 7) is 10.1. The first-order valence-corrected chi connectivity index (χ1v) is 10.4. The fourth-order valence-corrected chi connectivity index (χ4v) is 5.20. The second kappa shape index (κ2) is 8.10. The van der Waals surface area contributed by atoms with Gasteiger partial charge < -0.3 is 15.5 Å². The Labute approximate surface area is 168 Å². The van der Waals surface area contributed by atoms with Crippen molar-refractivity contribution >= 4 is 11.9 Å². The standard InChI is InChI=1S/C22H34N4O2/c1-21(2)11-18(12-22(3,4)15-21)25-20(28)26(13-16-7-5-6-10-23-16)14-17-8-9-19(27)24-17/h5-7,10,17-18H,8-9,11-15H2,1-4H3,(H,24,27)(H,25,28)/t17-/m0/s1. The SMILES string of the molecule is CC1(C)CC(NC(=O)N(Cc2ccccn2)C[C@@H]2CCC(=O)N2)CC(C)(C)C1. The highest BCUT2D eigenvalue weighted by atomic mass is 16.2. The summed E-state index contributed by atoms with van der Waals surface area (Å²) in [5.41, 5.74) is 1.28. The number of aromatic nitrogens is 1. The van der Waals surface area contributed by atoms with Crippen LogP contribution in [-0.2, 0) is 11.3 Å². The lowest BCUT2D eigenvalue weighted by molar-refractivity contribution is -0.119. The molecule has 2 N–H and O–H groups in total. The maximum absolute atomic E-state index is 13.2. The zero-order valence-corrected chi connectivity index (χ0v) is 17.6. The van der Waals surface area contributed by atoms with E-state index >= 15 is 0 Å². The number of nitrogens with zero attached hydrogens (tertiary/aromatic N) is 2. The van der Waals surface area contributed by atoms with E-state index in [2.05, 4.69) is 43.3 Å². The van der Waals surface area contributed by atoms with Crippen LogP contribution in [0, 0.1) is 10.8 Å². The maximum Gasteiger partial charge on any atom is 0.318 e. The van der Waals surface area contributed by atoms with Gasteiger partial charge in [-0.05, 0) is 48.6 Å². The second-order valence-electron chi connectivity index (χ2n) is 10.1. The number of amides is 3. The third kappa shape index (κ3) is 5.69. The molecule has 2 heterocycles. The third-order valence-corrected chi connectivity index (χ3v) is 5.77. The molecule has 3 amide bonds. The van der Waals surface area contributed by atoms with E-state index in [9.17, 15) is 9.59 Å². The van der Waals surface area contributed by atoms with Crippen LogP contribution in [0.25, 0.3) is 0 Å². The van der Waals surface area contributed by atoms with E-state index in [4.69, 9.17) is 0 Å². The van der Waals surface area contributed by atoms with Gasteiger partial charge >= 0.3 is 6.03 Å². The van der Waals surface area contributed by atoms with Crippen molar-refractivity contribution in [1.29, 1.82) is 0 Å². The summed E-state index contributed by atoms with van der Waals surface area (Å²) in [5, 5.41) is 6.26. The number of carbonyl (C=O) groups excluding carboxylic acids is 2. The summed E-state index contributed by atoms with van der Waals surface area (Å²) in [5.74, 6) is 0.0685. The van der Waals surface area contributed by atoms with Crippen molar-refractivity contribution in [2.75, 3.05) is 6.54 Å². The molecule has 2 fully saturated rings. The largest absolute Gasteiger partial charge is 0.352 e. The Morgan fingerprint density at radius 3 is 2.54 bits per heavy atom. The van der Waals surface area contributed by atoms with Gasteiger partial charge in [-0.2, -0.15) is 0 Å². The maximum atomic E-state index is 13.2. The van der Waals surface area contributed by atoms with Gasteiger partial charge in [-0.25, -0.2) is 4.79 Å². The smallest absolute Gasteiger partial charge is 0.318 e. The summed E-state index contributed by atoms with van der Waals surface area (Å²) in [7, 11) is 0. The molecule has 0 aromatic carbocycles. The van der Waals surface area contributed by atoms with Crippen LogP contribution in [0.1, 0.15) is 65.5 Å². The Hall–Kier alpha value is -2.11. The van der Waals surface area contributed by atoms with Crippen LogP contribution in [0.2, 0.25) is 0 Å². The number of urea groups is 1. The van der Waals surface area contributed by atoms with Crippen molar-refractivity contribution in [1.82, 2.24) is 20.5 Å². The summed E-state index contributed by atoms with van der Waals surface area (Å²) in [4.78, 5) is 30.9. The van der Waals surface area contributed by atoms with Gasteiger partial charge in [0.2, 0.25) is 5.91 Å². The van der Waals surface area contributed by atoms with Crippen LogP contribution in [0.15, 0.2) is 24.4 Å². The van der Waals surface area contributed by atoms with Crippen molar-refractivity contribution < 1.29 is 9.59 Å². The number of pyridine rings is 1. The molecule has 1 aromatic rings. The normalized spacial score (nSPS) is 23.9. The van der Waals surface area contributed by atoms with Crippen molar-refractivity contribution in [3.05, 3.63) is 30.1 Å². The van der Waals surface area contributed by atoms with Crippen LogP contribution < -0.4 is 10.6 Å². The molecule has 1 saturated heterocycles. The summed E-state index contributed by atoms with van der Waals surface area (Å²) < 4.78 is 0. The molecule has 6 heteroatoms. The molecule has 6 nitrogen and oxygen atoms in total. The summed E-state index contributed by atoms with van der Waals surface area (Å²) >= 11 is 0. The topological polar surface area (TPSA) is 74.3 Å². The molecule has 1 saturated carbocycles. The van der Waals surface area contributed by atoms with Crippen LogP contribution in [-0.4, -0.2) is 40.5 Å². The van der Waals surface area contributed by atoms with Gasteiger partial charge in [0.05, 0.1) is 12.2 Å². The van der Waals surface area contributed by atoms with Gasteiger partial charge in [0.25, 0.3) is 0 Å². The summed E-state index contributed by atoms with van der Waals surface area (Å²) in [6, 6.07) is 5.85. The lowest BCUT2D eigenvalue weighted by atomic mass is 9.63. The molecule has 1 aromatic heterocycles. The molecule has 1 aliphatic heterocycles. The molecule has 154 valence electrons. The van der Waals surface area contributed by atoms with Crippen LogP contribution in [0.4, 0.5) is 4.79 Å². The van der Waals surface area contributed by atoms with Crippen molar-refractivity contribution in [3.63, 3.8) is 0 Å². The van der Waals surface area contributed by atoms with Crippen LogP contribution >= 0.6 is 0 Å². The number of rotatable bonds is 5. The van der Waals surface area contributed by atoms with E-state index in [1.54, 1.807) is 11.1 Å². The molecule has 28 heavy (non-hydrogen) atoms. The van der Waals surface area contributed by atoms with E-state index in [1.807, 2.05) is 18.2 Å². The first-order valence-electron chi connectivity index (χ1n) is 10.4. The Morgan fingerprint density at radius 1 is 1.25 bits per heavy atom. The molecule has 0 spiro atoms. The summed E-state index contributed by atoms with van der Waals surface area (Å²) in [6.07, 6.45) is 6.19. The fraction of sp³-hybridized carbons (Fsp3) is 0.682. The number of hydrogen-bond acceptors (Lipinski definition) is 3. The Morgan fingerprint density at radius 2 is 1.96 bits per heavy atom. The number of carbonyl (C=O) groups is 2. The van der Waals surface area contributed by atoms with Gasteiger partial charge in [-0.1, -0.05) is 33.8 Å². The third-order valence-electron chi connectivity index (χ3n) is 5.77. The predicted molar refractivity (Wildman–Crippen MR) is 110 cm³/mol. The van der Waals surface area contributed by atoms with Crippen LogP contribution in [0.5, 0.6) is 0 Å². The van der Waals surface area contributed by atoms with Crippen molar-refractivity contribution in [2.24, 2.45) is 10.8 Å². The zero-order valence-electron chi connectivity index (χ0n) is 17.6. The molecule has 0 radical (unpaired) electrons. The first kappa shape index (κ1) is 20.6. The minimum atomic E-state index is -0.0645. The number of hydrogen-bond donors (Lipinski definition) is 2. The Kier molecular flexibility index (Phi) is 5.96. The zero-order chi connectivity index (χ0) is 20.4. The highest BCUT2D eigenvalue weighted by Crippen LogP contribution is 2.45. The number of nitrogens with one attached hydrogen (secondary N) is 2. The molecular weight excluding hydrogens is 352 g/mol. The van der Waals surface area contributed by atoms with E-state index in [0.29, 0.717) is 19.5 Å². The monoisotopic (exact) mass is 386 g/mol. The molecule has 3 rings (SSSR count). The van der Waals surface area contributed by atoms with Gasteiger partial charge in [0.15, 0.2) is 0 Å². The molecule has 1 atom stereocenters. The lowest BCUT2D eigenvalue weighted by Crippen LogP contribution is -2.52. The average Bonchev–Trinajstić information content (AvgIpc) is 2.97. The minimum Gasteiger partial charge on any atom is -0.352 e. The van der Waals surface area contributed by atoms with Gasteiger partial charge in [-0.3, -0.25) is 9.78 Å².